The Balaban J connectivity index is 1.59. The summed E-state index contributed by atoms with van der Waals surface area (Å²) in [4.78, 5) is 4.04. The molecule has 1 heterocycles. The monoisotopic (exact) mass is 395 g/mol. The standard InChI is InChI=1S/C26H19S2/c1-3-8-21(9-4-1)28(22-10-5-2-6-11-22)23-16-14-20(15-17-23)24-12-7-13-26-25(24)18-19-27-26/h1-19H/q+1. The van der Waals surface area contributed by atoms with Gasteiger partial charge in [0.25, 0.3) is 0 Å². The van der Waals surface area contributed by atoms with Gasteiger partial charge in [-0.2, -0.15) is 0 Å². The van der Waals surface area contributed by atoms with Gasteiger partial charge in [0.05, 0.1) is 10.9 Å². The second kappa shape index (κ2) is 7.67. The van der Waals surface area contributed by atoms with Crippen molar-refractivity contribution in [2.24, 2.45) is 0 Å². The van der Waals surface area contributed by atoms with Crippen molar-refractivity contribution < 1.29 is 0 Å². The van der Waals surface area contributed by atoms with E-state index in [-0.39, 0.29) is 10.9 Å². The summed E-state index contributed by atoms with van der Waals surface area (Å²) in [7, 11) is -0.0966. The summed E-state index contributed by atoms with van der Waals surface area (Å²) in [6.45, 7) is 0. The van der Waals surface area contributed by atoms with Gasteiger partial charge in [0.15, 0.2) is 14.7 Å². The summed E-state index contributed by atoms with van der Waals surface area (Å²) >= 11 is 1.80. The summed E-state index contributed by atoms with van der Waals surface area (Å²) < 4.78 is 1.34. The topological polar surface area (TPSA) is 0 Å². The number of hydrogen-bond donors (Lipinski definition) is 0. The fourth-order valence-electron chi connectivity index (χ4n) is 3.54. The van der Waals surface area contributed by atoms with E-state index in [0.29, 0.717) is 0 Å². The first-order valence-corrected chi connectivity index (χ1v) is 11.4. The van der Waals surface area contributed by atoms with Crippen LogP contribution in [-0.4, -0.2) is 0 Å². The van der Waals surface area contributed by atoms with Crippen molar-refractivity contribution >= 4 is 32.3 Å². The van der Waals surface area contributed by atoms with Gasteiger partial charge in [-0.05, 0) is 77.2 Å². The third-order valence-corrected chi connectivity index (χ3v) is 7.97. The minimum Gasteiger partial charge on any atom is -0.144 e. The van der Waals surface area contributed by atoms with Gasteiger partial charge in [-0.3, -0.25) is 0 Å². The van der Waals surface area contributed by atoms with Crippen LogP contribution < -0.4 is 0 Å². The van der Waals surface area contributed by atoms with Gasteiger partial charge in [0, 0.05) is 10.1 Å². The minimum atomic E-state index is -0.0966. The molecule has 0 nitrogen and oxygen atoms in total. The molecule has 0 atom stereocenters. The first-order valence-electron chi connectivity index (χ1n) is 9.31. The van der Waals surface area contributed by atoms with E-state index in [1.54, 1.807) is 11.3 Å². The molecule has 0 saturated carbocycles. The number of rotatable bonds is 4. The van der Waals surface area contributed by atoms with Crippen LogP contribution in [0.1, 0.15) is 0 Å². The molecule has 4 aromatic carbocycles. The highest BCUT2D eigenvalue weighted by Gasteiger charge is 2.28. The normalized spacial score (nSPS) is 11.2. The van der Waals surface area contributed by atoms with Crippen LogP contribution in [0, 0.1) is 0 Å². The largest absolute Gasteiger partial charge is 0.166 e. The Bertz CT molecular complexity index is 1150. The highest BCUT2D eigenvalue weighted by atomic mass is 32.2. The molecule has 134 valence electrons. The van der Waals surface area contributed by atoms with Crippen LogP contribution in [0.2, 0.25) is 0 Å². The number of benzene rings is 4. The van der Waals surface area contributed by atoms with Gasteiger partial charge in [0.2, 0.25) is 0 Å². The first-order chi connectivity index (χ1) is 13.9. The van der Waals surface area contributed by atoms with Crippen molar-refractivity contribution in [3.63, 3.8) is 0 Å². The molecule has 28 heavy (non-hydrogen) atoms. The fourth-order valence-corrected chi connectivity index (χ4v) is 6.43. The van der Waals surface area contributed by atoms with Crippen LogP contribution >= 0.6 is 11.3 Å². The molecule has 0 aliphatic heterocycles. The van der Waals surface area contributed by atoms with Crippen molar-refractivity contribution in [1.29, 1.82) is 0 Å². The van der Waals surface area contributed by atoms with Crippen molar-refractivity contribution in [2.45, 2.75) is 14.7 Å². The lowest BCUT2D eigenvalue weighted by molar-refractivity contribution is 1.32. The SMILES string of the molecule is c1ccc([S+](c2ccccc2)c2ccc(-c3cccc4sccc34)cc2)cc1. The average Bonchev–Trinajstić information content (AvgIpc) is 3.25. The maximum Gasteiger partial charge on any atom is 0.166 e. The van der Waals surface area contributed by atoms with Crippen molar-refractivity contribution in [3.05, 3.63) is 115 Å². The van der Waals surface area contributed by atoms with Gasteiger partial charge in [-0.1, -0.05) is 48.5 Å². The van der Waals surface area contributed by atoms with Gasteiger partial charge in [-0.15, -0.1) is 11.3 Å². The van der Waals surface area contributed by atoms with Crippen molar-refractivity contribution in [1.82, 2.24) is 0 Å². The van der Waals surface area contributed by atoms with Gasteiger partial charge < -0.3 is 0 Å². The molecule has 1 aromatic heterocycles. The molecule has 0 spiro atoms. The zero-order valence-corrected chi connectivity index (χ0v) is 16.9. The van der Waals surface area contributed by atoms with E-state index < -0.39 is 0 Å². The Morgan fingerprint density at radius 2 is 1.11 bits per heavy atom. The summed E-state index contributed by atoms with van der Waals surface area (Å²) in [6, 6.07) is 39.5. The lowest BCUT2D eigenvalue weighted by Gasteiger charge is -2.09. The zero-order valence-electron chi connectivity index (χ0n) is 15.3. The third-order valence-electron chi connectivity index (χ3n) is 4.85. The Labute approximate surface area is 172 Å². The zero-order chi connectivity index (χ0) is 18.8. The van der Waals surface area contributed by atoms with E-state index in [2.05, 4.69) is 115 Å². The number of thiophene rings is 1. The molecule has 0 aliphatic rings. The maximum atomic E-state index is 2.30. The summed E-state index contributed by atoms with van der Waals surface area (Å²) in [5.74, 6) is 0. The van der Waals surface area contributed by atoms with E-state index in [1.165, 1.54) is 35.9 Å². The number of hydrogen-bond acceptors (Lipinski definition) is 1. The van der Waals surface area contributed by atoms with Crippen LogP contribution in [0.5, 0.6) is 0 Å². The van der Waals surface area contributed by atoms with Gasteiger partial charge in [0.1, 0.15) is 0 Å². The summed E-state index contributed by atoms with van der Waals surface area (Å²) in [5.41, 5.74) is 2.59. The molecule has 5 aromatic rings. The molecule has 0 N–H and O–H groups in total. The molecule has 0 unspecified atom stereocenters. The van der Waals surface area contributed by atoms with E-state index in [0.717, 1.165) is 0 Å². The van der Waals surface area contributed by atoms with Crippen LogP contribution in [0.25, 0.3) is 21.2 Å². The molecule has 0 aliphatic carbocycles. The van der Waals surface area contributed by atoms with E-state index >= 15 is 0 Å². The van der Waals surface area contributed by atoms with Crippen molar-refractivity contribution in [3.8, 4) is 11.1 Å². The lowest BCUT2D eigenvalue weighted by Crippen LogP contribution is -2.04. The second-order valence-electron chi connectivity index (χ2n) is 6.59. The Morgan fingerprint density at radius 1 is 0.500 bits per heavy atom. The van der Waals surface area contributed by atoms with E-state index in [9.17, 15) is 0 Å². The fraction of sp³-hybridized carbons (Fsp3) is 0. The molecule has 0 amide bonds. The molecular formula is C26H19S2+. The molecule has 0 radical (unpaired) electrons. The number of fused-ring (bicyclic) bond motifs is 1. The Morgan fingerprint density at radius 3 is 1.75 bits per heavy atom. The Kier molecular flexibility index (Phi) is 4.74. The molecule has 2 heteroatoms. The van der Waals surface area contributed by atoms with Crippen LogP contribution in [0.3, 0.4) is 0 Å². The molecule has 5 rings (SSSR count). The summed E-state index contributed by atoms with van der Waals surface area (Å²) in [5, 5.41) is 3.51. The summed E-state index contributed by atoms with van der Waals surface area (Å²) in [6.07, 6.45) is 0. The molecule has 0 saturated heterocycles. The predicted octanol–water partition coefficient (Wildman–Crippen LogP) is 7.66. The molecule has 0 fully saturated rings. The van der Waals surface area contributed by atoms with E-state index in [4.69, 9.17) is 0 Å². The maximum absolute atomic E-state index is 2.30. The molecular weight excluding hydrogens is 376 g/mol. The van der Waals surface area contributed by atoms with Crippen LogP contribution in [-0.2, 0) is 10.9 Å². The smallest absolute Gasteiger partial charge is 0.144 e. The lowest BCUT2D eigenvalue weighted by atomic mass is 10.0. The second-order valence-corrected chi connectivity index (χ2v) is 9.57. The first kappa shape index (κ1) is 17.3. The Hall–Kier alpha value is -2.81. The third kappa shape index (κ3) is 3.26. The quantitative estimate of drug-likeness (QED) is 0.274. The van der Waals surface area contributed by atoms with E-state index in [1.807, 2.05) is 0 Å². The highest BCUT2D eigenvalue weighted by Crippen LogP contribution is 2.35. The van der Waals surface area contributed by atoms with Gasteiger partial charge >= 0.3 is 0 Å². The van der Waals surface area contributed by atoms with Crippen LogP contribution in [0.4, 0.5) is 0 Å². The highest BCUT2D eigenvalue weighted by molar-refractivity contribution is 7.97. The van der Waals surface area contributed by atoms with Crippen molar-refractivity contribution in [2.75, 3.05) is 0 Å². The average molecular weight is 396 g/mol. The predicted molar refractivity (Wildman–Crippen MR) is 122 cm³/mol. The van der Waals surface area contributed by atoms with Crippen LogP contribution in [0.15, 0.2) is 129 Å². The minimum absolute atomic E-state index is 0.0966. The van der Waals surface area contributed by atoms with Gasteiger partial charge in [-0.25, -0.2) is 0 Å². The molecule has 0 bridgehead atoms.